The van der Waals surface area contributed by atoms with Crippen molar-refractivity contribution in [2.24, 2.45) is 23.7 Å². The van der Waals surface area contributed by atoms with Crippen molar-refractivity contribution in [2.45, 2.75) is 24.9 Å². The lowest BCUT2D eigenvalue weighted by atomic mass is 9.81. The second kappa shape index (κ2) is 1.99. The van der Waals surface area contributed by atoms with Crippen molar-refractivity contribution in [1.82, 2.24) is 4.90 Å². The first kappa shape index (κ1) is 7.65. The Morgan fingerprint density at radius 2 is 2.14 bits per heavy atom. The standard InChI is InChI=1S/C10H13NO3/c1-11-9(12)5-3-2-4(6(5)10(11)13)8-7(3)14-8/h3-9,12H,2H2,1H3/t3?,4?,5?,6?,7?,8?,9-/m0/s1. The maximum atomic E-state index is 11.9. The van der Waals surface area contributed by atoms with Crippen molar-refractivity contribution >= 4 is 5.91 Å². The number of ether oxygens (including phenoxy) is 1. The van der Waals surface area contributed by atoms with E-state index in [1.807, 2.05) is 0 Å². The number of epoxide rings is 1. The first-order valence-electron chi connectivity index (χ1n) is 5.30. The number of fused-ring (bicyclic) bond motifs is 8. The normalized spacial score (nSPS) is 63.1. The minimum Gasteiger partial charge on any atom is -0.373 e. The Morgan fingerprint density at radius 1 is 1.43 bits per heavy atom. The summed E-state index contributed by atoms with van der Waals surface area (Å²) >= 11 is 0. The van der Waals surface area contributed by atoms with E-state index < -0.39 is 6.23 Å². The molecule has 4 heteroatoms. The Labute approximate surface area is 81.8 Å². The number of amides is 1. The highest BCUT2D eigenvalue weighted by atomic mass is 16.6. The summed E-state index contributed by atoms with van der Waals surface area (Å²) in [5.74, 6) is 1.19. The molecule has 76 valence electrons. The molecule has 0 spiro atoms. The number of likely N-dealkylation sites (tertiary alicyclic amines) is 1. The molecule has 2 heterocycles. The van der Waals surface area contributed by atoms with Crippen LogP contribution in [0.3, 0.4) is 0 Å². The number of hydrogen-bond acceptors (Lipinski definition) is 3. The fourth-order valence-electron chi connectivity index (χ4n) is 4.06. The summed E-state index contributed by atoms with van der Waals surface area (Å²) in [6, 6.07) is 0. The van der Waals surface area contributed by atoms with Gasteiger partial charge in [0.1, 0.15) is 6.23 Å². The molecule has 1 N–H and O–H groups in total. The largest absolute Gasteiger partial charge is 0.373 e. The van der Waals surface area contributed by atoms with Gasteiger partial charge in [0, 0.05) is 18.9 Å². The van der Waals surface area contributed by atoms with Crippen molar-refractivity contribution in [2.75, 3.05) is 7.05 Å². The van der Waals surface area contributed by atoms with Crippen LogP contribution in [0.4, 0.5) is 0 Å². The van der Waals surface area contributed by atoms with Gasteiger partial charge in [0.2, 0.25) is 5.91 Å². The molecule has 1 amide bonds. The maximum Gasteiger partial charge on any atom is 0.228 e. The van der Waals surface area contributed by atoms with Crippen LogP contribution >= 0.6 is 0 Å². The van der Waals surface area contributed by atoms with E-state index in [1.165, 1.54) is 4.90 Å². The van der Waals surface area contributed by atoms with Gasteiger partial charge in [0.05, 0.1) is 18.1 Å². The molecule has 4 rings (SSSR count). The molecule has 14 heavy (non-hydrogen) atoms. The summed E-state index contributed by atoms with van der Waals surface area (Å²) in [7, 11) is 1.71. The van der Waals surface area contributed by atoms with Gasteiger partial charge in [0.25, 0.3) is 0 Å². The van der Waals surface area contributed by atoms with E-state index in [1.54, 1.807) is 7.05 Å². The van der Waals surface area contributed by atoms with Crippen LogP contribution in [-0.4, -0.2) is 41.4 Å². The van der Waals surface area contributed by atoms with E-state index in [2.05, 4.69) is 0 Å². The lowest BCUT2D eigenvalue weighted by molar-refractivity contribution is -0.135. The Balaban J connectivity index is 1.79. The summed E-state index contributed by atoms with van der Waals surface area (Å²) in [5.41, 5.74) is 0. The molecule has 2 saturated carbocycles. The maximum absolute atomic E-state index is 11.9. The summed E-state index contributed by atoms with van der Waals surface area (Å²) in [6.45, 7) is 0. The number of aliphatic hydroxyl groups excluding tert-OH is 1. The Kier molecular flexibility index (Phi) is 1.09. The molecule has 0 aromatic rings. The summed E-state index contributed by atoms with van der Waals surface area (Å²) in [5, 5.41) is 9.95. The Morgan fingerprint density at radius 3 is 2.93 bits per heavy atom. The van der Waals surface area contributed by atoms with E-state index in [4.69, 9.17) is 4.74 Å². The topological polar surface area (TPSA) is 53.1 Å². The third kappa shape index (κ3) is 0.597. The van der Waals surface area contributed by atoms with Gasteiger partial charge in [-0.25, -0.2) is 0 Å². The average Bonchev–Trinajstić information content (AvgIpc) is 2.74. The Bertz CT molecular complexity index is 331. The number of rotatable bonds is 0. The number of carbonyl (C=O) groups is 1. The van der Waals surface area contributed by atoms with Crippen LogP contribution in [-0.2, 0) is 9.53 Å². The van der Waals surface area contributed by atoms with Crippen LogP contribution < -0.4 is 0 Å². The van der Waals surface area contributed by atoms with E-state index in [0.717, 1.165) is 6.42 Å². The van der Waals surface area contributed by atoms with Crippen molar-refractivity contribution in [3.63, 3.8) is 0 Å². The summed E-state index contributed by atoms with van der Waals surface area (Å²) < 4.78 is 5.53. The number of hydrogen-bond donors (Lipinski definition) is 1. The molecule has 7 atom stereocenters. The van der Waals surface area contributed by atoms with Gasteiger partial charge in [-0.05, 0) is 12.3 Å². The van der Waals surface area contributed by atoms with Crippen LogP contribution in [0.1, 0.15) is 6.42 Å². The van der Waals surface area contributed by atoms with E-state index in [-0.39, 0.29) is 17.7 Å². The van der Waals surface area contributed by atoms with Crippen molar-refractivity contribution < 1.29 is 14.6 Å². The zero-order valence-electron chi connectivity index (χ0n) is 7.96. The van der Waals surface area contributed by atoms with Crippen molar-refractivity contribution in [3.8, 4) is 0 Å². The minimum atomic E-state index is -0.562. The lowest BCUT2D eigenvalue weighted by Crippen LogP contribution is -2.34. The number of nitrogens with zero attached hydrogens (tertiary/aromatic N) is 1. The zero-order chi connectivity index (χ0) is 9.61. The molecule has 4 nitrogen and oxygen atoms in total. The SMILES string of the molecule is CN1C(=O)C2C3CC(C4OC34)C2[C@@H]1O. The van der Waals surface area contributed by atoms with Gasteiger partial charge in [-0.3, -0.25) is 4.79 Å². The van der Waals surface area contributed by atoms with Crippen molar-refractivity contribution in [3.05, 3.63) is 0 Å². The molecule has 0 radical (unpaired) electrons. The zero-order valence-corrected chi connectivity index (χ0v) is 7.96. The predicted molar refractivity (Wildman–Crippen MR) is 46.0 cm³/mol. The second-order valence-corrected chi connectivity index (χ2v) is 5.09. The molecule has 4 fully saturated rings. The third-order valence-electron chi connectivity index (χ3n) is 4.69. The summed E-state index contributed by atoms with van der Waals surface area (Å²) in [4.78, 5) is 13.4. The van der Waals surface area contributed by atoms with Crippen LogP contribution in [0, 0.1) is 23.7 Å². The summed E-state index contributed by atoms with van der Waals surface area (Å²) in [6.07, 6.45) is 1.26. The third-order valence-corrected chi connectivity index (χ3v) is 4.69. The quantitative estimate of drug-likeness (QED) is 0.526. The highest BCUT2D eigenvalue weighted by Gasteiger charge is 2.72. The predicted octanol–water partition coefficient (Wildman–Crippen LogP) is -0.574. The van der Waals surface area contributed by atoms with Crippen LogP contribution in [0.5, 0.6) is 0 Å². The average molecular weight is 195 g/mol. The van der Waals surface area contributed by atoms with E-state index in [9.17, 15) is 9.90 Å². The molecule has 2 bridgehead atoms. The second-order valence-electron chi connectivity index (χ2n) is 5.09. The fraction of sp³-hybridized carbons (Fsp3) is 0.900. The monoisotopic (exact) mass is 195 g/mol. The van der Waals surface area contributed by atoms with Gasteiger partial charge in [-0.2, -0.15) is 0 Å². The Hall–Kier alpha value is -0.610. The van der Waals surface area contributed by atoms with Gasteiger partial charge in [-0.15, -0.1) is 0 Å². The molecule has 2 aliphatic heterocycles. The number of aliphatic hydroxyl groups is 1. The molecule has 2 aliphatic carbocycles. The number of carbonyl (C=O) groups excluding carboxylic acids is 1. The molecule has 6 unspecified atom stereocenters. The molecule has 2 saturated heterocycles. The fourth-order valence-corrected chi connectivity index (χ4v) is 4.06. The van der Waals surface area contributed by atoms with Gasteiger partial charge < -0.3 is 14.7 Å². The molecule has 0 aromatic carbocycles. The van der Waals surface area contributed by atoms with Crippen LogP contribution in [0.15, 0.2) is 0 Å². The van der Waals surface area contributed by atoms with Gasteiger partial charge >= 0.3 is 0 Å². The highest BCUT2D eigenvalue weighted by Crippen LogP contribution is 2.64. The molecule has 0 aromatic heterocycles. The van der Waals surface area contributed by atoms with Crippen molar-refractivity contribution in [1.29, 1.82) is 0 Å². The first-order valence-corrected chi connectivity index (χ1v) is 5.30. The lowest BCUT2D eigenvalue weighted by Gasteiger charge is -2.22. The molecule has 4 aliphatic rings. The van der Waals surface area contributed by atoms with Crippen LogP contribution in [0.25, 0.3) is 0 Å². The van der Waals surface area contributed by atoms with Gasteiger partial charge in [-0.1, -0.05) is 0 Å². The minimum absolute atomic E-state index is 0.0590. The first-order chi connectivity index (χ1) is 6.70. The smallest absolute Gasteiger partial charge is 0.228 e. The molecular weight excluding hydrogens is 182 g/mol. The van der Waals surface area contributed by atoms with Gasteiger partial charge in [0.15, 0.2) is 0 Å². The highest BCUT2D eigenvalue weighted by molar-refractivity contribution is 5.83. The van der Waals surface area contributed by atoms with E-state index in [0.29, 0.717) is 24.0 Å². The molecular formula is C10H13NO3. The van der Waals surface area contributed by atoms with E-state index >= 15 is 0 Å². The van der Waals surface area contributed by atoms with Crippen LogP contribution in [0.2, 0.25) is 0 Å².